The summed E-state index contributed by atoms with van der Waals surface area (Å²) >= 11 is 1.75. The van der Waals surface area contributed by atoms with Gasteiger partial charge in [0.1, 0.15) is 6.04 Å². The molecule has 26 heavy (non-hydrogen) atoms. The molecule has 0 unspecified atom stereocenters. The Balaban J connectivity index is 1.61. The van der Waals surface area contributed by atoms with Crippen molar-refractivity contribution in [2.24, 2.45) is 0 Å². The van der Waals surface area contributed by atoms with Crippen molar-refractivity contribution in [3.8, 4) is 0 Å². The number of benzene rings is 1. The van der Waals surface area contributed by atoms with Crippen LogP contribution in [0.1, 0.15) is 54.1 Å². The molecule has 1 aliphatic rings. The van der Waals surface area contributed by atoms with Crippen molar-refractivity contribution >= 4 is 23.2 Å². The molecule has 3 rings (SSSR count). The lowest BCUT2D eigenvalue weighted by Gasteiger charge is -2.29. The highest BCUT2D eigenvalue weighted by atomic mass is 32.1. The maximum Gasteiger partial charge on any atom is 0.251 e. The monoisotopic (exact) mass is 370 g/mol. The summed E-state index contributed by atoms with van der Waals surface area (Å²) in [5, 5.41) is 4.92. The fourth-order valence-electron chi connectivity index (χ4n) is 3.17. The Morgan fingerprint density at radius 2 is 1.85 bits per heavy atom. The molecule has 1 N–H and O–H groups in total. The molecule has 138 valence electrons. The Hall–Kier alpha value is -2.14. The predicted octanol–water partition coefficient (Wildman–Crippen LogP) is 3.75. The van der Waals surface area contributed by atoms with Gasteiger partial charge in [0.2, 0.25) is 5.91 Å². The van der Waals surface area contributed by atoms with E-state index in [1.165, 1.54) is 16.0 Å². The van der Waals surface area contributed by atoms with Crippen LogP contribution in [-0.2, 0) is 23.2 Å². The molecule has 0 saturated carbocycles. The van der Waals surface area contributed by atoms with Crippen LogP contribution in [0, 0.1) is 0 Å². The molecular formula is C21H26N2O2S. The van der Waals surface area contributed by atoms with Gasteiger partial charge in [-0.15, -0.1) is 11.3 Å². The van der Waals surface area contributed by atoms with Crippen molar-refractivity contribution < 1.29 is 9.59 Å². The van der Waals surface area contributed by atoms with E-state index < -0.39 is 6.04 Å². The van der Waals surface area contributed by atoms with E-state index in [0.29, 0.717) is 18.7 Å². The first kappa shape index (κ1) is 18.6. The Kier molecular flexibility index (Phi) is 5.19. The van der Waals surface area contributed by atoms with Gasteiger partial charge in [0.15, 0.2) is 0 Å². The highest BCUT2D eigenvalue weighted by Crippen LogP contribution is 2.24. The number of carbonyl (C=O) groups excluding carboxylic acids is 2. The second kappa shape index (κ2) is 7.23. The number of fused-ring (bicyclic) bond motifs is 1. The summed E-state index contributed by atoms with van der Waals surface area (Å²) in [5.41, 5.74) is 3.04. The van der Waals surface area contributed by atoms with Crippen molar-refractivity contribution in [3.63, 3.8) is 0 Å². The van der Waals surface area contributed by atoms with Crippen LogP contribution < -0.4 is 5.32 Å². The van der Waals surface area contributed by atoms with Crippen LogP contribution in [0.15, 0.2) is 35.7 Å². The molecule has 2 heterocycles. The number of nitrogens with zero attached hydrogens (tertiary/aromatic N) is 1. The molecule has 0 radical (unpaired) electrons. The maximum atomic E-state index is 12.7. The van der Waals surface area contributed by atoms with Crippen LogP contribution in [-0.4, -0.2) is 29.3 Å². The zero-order valence-corrected chi connectivity index (χ0v) is 16.7. The quantitative estimate of drug-likeness (QED) is 0.895. The summed E-state index contributed by atoms with van der Waals surface area (Å²) in [7, 11) is 0. The minimum Gasteiger partial charge on any atom is -0.341 e. The zero-order chi connectivity index (χ0) is 18.9. The molecule has 0 bridgehead atoms. The van der Waals surface area contributed by atoms with E-state index in [0.717, 1.165) is 6.42 Å². The SMILES string of the molecule is C[C@H](NC(=O)c1ccc(C(C)(C)C)cc1)C(=O)N1CCc2sccc2C1. The first-order chi connectivity index (χ1) is 12.3. The molecule has 0 fully saturated rings. The van der Waals surface area contributed by atoms with Crippen LogP contribution >= 0.6 is 11.3 Å². The van der Waals surface area contributed by atoms with Crippen molar-refractivity contribution in [1.82, 2.24) is 10.2 Å². The van der Waals surface area contributed by atoms with Gasteiger partial charge < -0.3 is 10.2 Å². The summed E-state index contributed by atoms with van der Waals surface area (Å²) in [6, 6.07) is 9.15. The van der Waals surface area contributed by atoms with Gasteiger partial charge in [0.25, 0.3) is 5.91 Å². The fraction of sp³-hybridized carbons (Fsp3) is 0.429. The average molecular weight is 371 g/mol. The number of hydrogen-bond donors (Lipinski definition) is 1. The van der Waals surface area contributed by atoms with Crippen LogP contribution in [0.4, 0.5) is 0 Å². The minimum absolute atomic E-state index is 0.0264. The van der Waals surface area contributed by atoms with Gasteiger partial charge in [0, 0.05) is 23.5 Å². The largest absolute Gasteiger partial charge is 0.341 e. The van der Waals surface area contributed by atoms with E-state index in [2.05, 4.69) is 37.5 Å². The second-order valence-corrected chi connectivity index (χ2v) is 8.90. The highest BCUT2D eigenvalue weighted by Gasteiger charge is 2.26. The van der Waals surface area contributed by atoms with E-state index in [-0.39, 0.29) is 17.2 Å². The average Bonchev–Trinajstić information content (AvgIpc) is 3.08. The van der Waals surface area contributed by atoms with Crippen molar-refractivity contribution in [3.05, 3.63) is 57.3 Å². The maximum absolute atomic E-state index is 12.7. The number of nitrogens with one attached hydrogen (secondary N) is 1. The Labute approximate surface area is 159 Å². The van der Waals surface area contributed by atoms with E-state index >= 15 is 0 Å². The van der Waals surface area contributed by atoms with Crippen molar-refractivity contribution in [2.75, 3.05) is 6.54 Å². The number of amides is 2. The minimum atomic E-state index is -0.537. The van der Waals surface area contributed by atoms with Gasteiger partial charge in [-0.05, 0) is 53.5 Å². The smallest absolute Gasteiger partial charge is 0.251 e. The van der Waals surface area contributed by atoms with Crippen LogP contribution in [0.5, 0.6) is 0 Å². The van der Waals surface area contributed by atoms with Gasteiger partial charge in [-0.1, -0.05) is 32.9 Å². The molecule has 5 heteroatoms. The molecule has 0 saturated heterocycles. The van der Waals surface area contributed by atoms with Crippen LogP contribution in [0.3, 0.4) is 0 Å². The Bertz CT molecular complexity index is 802. The Morgan fingerprint density at radius 1 is 1.15 bits per heavy atom. The predicted molar refractivity (Wildman–Crippen MR) is 106 cm³/mol. The molecule has 1 aromatic carbocycles. The van der Waals surface area contributed by atoms with E-state index in [9.17, 15) is 9.59 Å². The molecule has 4 nitrogen and oxygen atoms in total. The lowest BCUT2D eigenvalue weighted by Crippen LogP contribution is -2.48. The first-order valence-electron chi connectivity index (χ1n) is 9.01. The van der Waals surface area contributed by atoms with Gasteiger partial charge in [0.05, 0.1) is 0 Å². The number of rotatable bonds is 3. The van der Waals surface area contributed by atoms with E-state index in [4.69, 9.17) is 0 Å². The third kappa shape index (κ3) is 3.98. The first-order valence-corrected chi connectivity index (χ1v) is 9.89. The van der Waals surface area contributed by atoms with Crippen LogP contribution in [0.2, 0.25) is 0 Å². The van der Waals surface area contributed by atoms with Crippen molar-refractivity contribution in [1.29, 1.82) is 0 Å². The molecule has 1 aromatic heterocycles. The summed E-state index contributed by atoms with van der Waals surface area (Å²) in [6.45, 7) is 9.53. The standard InChI is InChI=1S/C21H26N2O2S/c1-14(20(25)23-11-9-18-16(13-23)10-12-26-18)22-19(24)15-5-7-17(8-6-15)21(2,3)4/h5-8,10,12,14H,9,11,13H2,1-4H3,(H,22,24)/t14-/m0/s1. The third-order valence-corrected chi connectivity index (χ3v) is 5.87. The molecule has 0 aliphatic carbocycles. The highest BCUT2D eigenvalue weighted by molar-refractivity contribution is 7.10. The fourth-order valence-corrected chi connectivity index (χ4v) is 4.06. The lowest BCUT2D eigenvalue weighted by atomic mass is 9.86. The van der Waals surface area contributed by atoms with E-state index in [1.54, 1.807) is 18.3 Å². The van der Waals surface area contributed by atoms with Gasteiger partial charge in [-0.2, -0.15) is 0 Å². The van der Waals surface area contributed by atoms with Crippen LogP contribution in [0.25, 0.3) is 0 Å². The number of carbonyl (C=O) groups is 2. The second-order valence-electron chi connectivity index (χ2n) is 7.90. The van der Waals surface area contributed by atoms with E-state index in [1.807, 2.05) is 29.2 Å². The molecule has 2 aromatic rings. The Morgan fingerprint density at radius 3 is 2.50 bits per heavy atom. The van der Waals surface area contributed by atoms with Gasteiger partial charge in [-0.25, -0.2) is 0 Å². The molecule has 2 amide bonds. The molecule has 0 spiro atoms. The normalized spacial score (nSPS) is 15.3. The third-order valence-electron chi connectivity index (χ3n) is 4.85. The molecule has 1 aliphatic heterocycles. The molecule has 1 atom stereocenters. The number of hydrogen-bond acceptors (Lipinski definition) is 3. The zero-order valence-electron chi connectivity index (χ0n) is 15.8. The van der Waals surface area contributed by atoms with Gasteiger partial charge >= 0.3 is 0 Å². The summed E-state index contributed by atoms with van der Waals surface area (Å²) in [4.78, 5) is 28.4. The summed E-state index contributed by atoms with van der Waals surface area (Å²) in [6.07, 6.45) is 0.896. The van der Waals surface area contributed by atoms with Gasteiger partial charge in [-0.3, -0.25) is 9.59 Å². The topological polar surface area (TPSA) is 49.4 Å². The summed E-state index contributed by atoms with van der Waals surface area (Å²) < 4.78 is 0. The summed E-state index contributed by atoms with van der Waals surface area (Å²) in [5.74, 6) is -0.235. The molecular weight excluding hydrogens is 344 g/mol. The van der Waals surface area contributed by atoms with Crippen molar-refractivity contribution in [2.45, 2.75) is 52.1 Å². The lowest BCUT2D eigenvalue weighted by molar-refractivity contribution is -0.133. The number of thiophene rings is 1.